The number of rotatable bonds is 2. The number of hydrogen-bond donors (Lipinski definition) is 1. The van der Waals surface area contributed by atoms with E-state index in [2.05, 4.69) is 26.2 Å². The van der Waals surface area contributed by atoms with Crippen LogP contribution in [0.2, 0.25) is 10.2 Å². The van der Waals surface area contributed by atoms with Gasteiger partial charge in [-0.05, 0) is 24.3 Å². The number of aromatic nitrogens is 1. The van der Waals surface area contributed by atoms with Crippen LogP contribution in [0.5, 0.6) is 0 Å². The highest BCUT2D eigenvalue weighted by Gasteiger charge is 2.14. The smallest absolute Gasteiger partial charge is 0.257 e. The van der Waals surface area contributed by atoms with Crippen LogP contribution in [0.3, 0.4) is 0 Å². The lowest BCUT2D eigenvalue weighted by atomic mass is 10.2. The van der Waals surface area contributed by atoms with Crippen molar-refractivity contribution in [2.24, 2.45) is 0 Å². The minimum absolute atomic E-state index is 0.163. The monoisotopic (exact) mass is 369 g/mol. The number of halogens is 3. The zero-order valence-corrected chi connectivity index (χ0v) is 12.9. The Labute approximate surface area is 133 Å². The first-order valence-electron chi connectivity index (χ1n) is 5.33. The topological polar surface area (TPSA) is 65.8 Å². The van der Waals surface area contributed by atoms with E-state index < -0.39 is 5.91 Å². The molecule has 7 heteroatoms. The average molecular weight is 371 g/mol. The first kappa shape index (κ1) is 14.8. The highest BCUT2D eigenvalue weighted by Crippen LogP contribution is 2.23. The maximum absolute atomic E-state index is 12.1. The summed E-state index contributed by atoms with van der Waals surface area (Å²) < 4.78 is 0.747. The molecule has 100 valence electrons. The average Bonchev–Trinajstić information content (AvgIpc) is 2.43. The van der Waals surface area contributed by atoms with Crippen LogP contribution in [-0.2, 0) is 0 Å². The number of nitrogens with one attached hydrogen (secondary N) is 1. The Morgan fingerprint density at radius 2 is 2.10 bits per heavy atom. The van der Waals surface area contributed by atoms with Gasteiger partial charge in [0, 0.05) is 10.7 Å². The Hall–Kier alpha value is -1.61. The number of nitriles is 1. The minimum Gasteiger partial charge on any atom is -0.321 e. The van der Waals surface area contributed by atoms with Gasteiger partial charge in [-0.3, -0.25) is 4.79 Å². The molecule has 20 heavy (non-hydrogen) atoms. The predicted molar refractivity (Wildman–Crippen MR) is 81.1 cm³/mol. The lowest BCUT2D eigenvalue weighted by Gasteiger charge is -2.08. The quantitative estimate of drug-likeness (QED) is 0.802. The third-order valence-corrected chi connectivity index (χ3v) is 3.42. The van der Waals surface area contributed by atoms with Gasteiger partial charge in [0.25, 0.3) is 5.91 Å². The normalized spacial score (nSPS) is 9.90. The van der Waals surface area contributed by atoms with Crippen molar-refractivity contribution >= 4 is 50.7 Å². The van der Waals surface area contributed by atoms with E-state index in [1.54, 1.807) is 18.2 Å². The van der Waals surface area contributed by atoms with Gasteiger partial charge in [0.15, 0.2) is 0 Å². The Balaban J connectivity index is 2.33. The molecule has 0 aliphatic rings. The zero-order valence-electron chi connectivity index (χ0n) is 9.82. The van der Waals surface area contributed by atoms with Gasteiger partial charge in [-0.25, -0.2) is 4.98 Å². The Morgan fingerprint density at radius 1 is 1.35 bits per heavy atom. The second kappa shape index (κ2) is 6.23. The van der Waals surface area contributed by atoms with E-state index in [4.69, 9.17) is 28.5 Å². The molecule has 0 saturated carbocycles. The molecule has 1 amide bonds. The van der Waals surface area contributed by atoms with Crippen molar-refractivity contribution in [3.8, 4) is 6.07 Å². The Morgan fingerprint density at radius 3 is 2.80 bits per heavy atom. The molecule has 0 spiro atoms. The highest BCUT2D eigenvalue weighted by atomic mass is 79.9. The summed E-state index contributed by atoms with van der Waals surface area (Å²) in [5.74, 6) is -0.460. The maximum atomic E-state index is 12.1. The van der Waals surface area contributed by atoms with E-state index in [1.165, 1.54) is 12.3 Å². The third-order valence-electron chi connectivity index (χ3n) is 2.42. The van der Waals surface area contributed by atoms with Crippen molar-refractivity contribution in [2.45, 2.75) is 0 Å². The molecule has 2 rings (SSSR count). The maximum Gasteiger partial charge on any atom is 0.257 e. The summed E-state index contributed by atoms with van der Waals surface area (Å²) in [6, 6.07) is 8.32. The van der Waals surface area contributed by atoms with Crippen LogP contribution in [0.25, 0.3) is 0 Å². The second-order valence-electron chi connectivity index (χ2n) is 3.74. The fourth-order valence-electron chi connectivity index (χ4n) is 1.49. The van der Waals surface area contributed by atoms with Crippen molar-refractivity contribution < 1.29 is 4.79 Å². The van der Waals surface area contributed by atoms with Gasteiger partial charge in [-0.15, -0.1) is 0 Å². The van der Waals surface area contributed by atoms with Crippen molar-refractivity contribution in [2.75, 3.05) is 5.32 Å². The van der Waals surface area contributed by atoms with Crippen molar-refractivity contribution in [1.82, 2.24) is 4.98 Å². The fraction of sp³-hybridized carbons (Fsp3) is 0. The summed E-state index contributed by atoms with van der Waals surface area (Å²) in [7, 11) is 0. The van der Waals surface area contributed by atoms with Gasteiger partial charge in [0.2, 0.25) is 0 Å². The molecule has 2 aromatic rings. The predicted octanol–water partition coefficient (Wildman–Crippen LogP) is 4.27. The molecule has 1 aromatic carbocycles. The van der Waals surface area contributed by atoms with E-state index in [0.29, 0.717) is 11.3 Å². The van der Waals surface area contributed by atoms with E-state index in [1.807, 2.05) is 6.07 Å². The standard InChI is InChI=1S/C13H6BrCl2N3O/c14-8-1-2-11(7(3-8)5-17)19-13(20)9-4-12(16)18-6-10(9)15/h1-4,6H,(H,19,20). The molecule has 0 fully saturated rings. The summed E-state index contributed by atoms with van der Waals surface area (Å²) in [6.45, 7) is 0. The third kappa shape index (κ3) is 3.28. The number of hydrogen-bond acceptors (Lipinski definition) is 3. The molecule has 1 heterocycles. The number of anilines is 1. The fourth-order valence-corrected chi connectivity index (χ4v) is 2.20. The molecule has 0 saturated heterocycles. The van der Waals surface area contributed by atoms with Crippen LogP contribution in [0.4, 0.5) is 5.69 Å². The van der Waals surface area contributed by atoms with Gasteiger partial charge >= 0.3 is 0 Å². The van der Waals surface area contributed by atoms with Crippen molar-refractivity contribution in [3.05, 3.63) is 56.2 Å². The molecule has 0 atom stereocenters. The first-order chi connectivity index (χ1) is 9.51. The lowest BCUT2D eigenvalue weighted by molar-refractivity contribution is 0.102. The SMILES string of the molecule is N#Cc1cc(Br)ccc1NC(=O)c1cc(Cl)ncc1Cl. The van der Waals surface area contributed by atoms with Crippen LogP contribution in [0.1, 0.15) is 15.9 Å². The Bertz CT molecular complexity index is 728. The van der Waals surface area contributed by atoms with Gasteiger partial charge in [-0.1, -0.05) is 39.1 Å². The van der Waals surface area contributed by atoms with Gasteiger partial charge in [0.1, 0.15) is 11.2 Å². The zero-order chi connectivity index (χ0) is 14.7. The second-order valence-corrected chi connectivity index (χ2v) is 5.45. The largest absolute Gasteiger partial charge is 0.321 e. The van der Waals surface area contributed by atoms with Crippen molar-refractivity contribution in [3.63, 3.8) is 0 Å². The highest BCUT2D eigenvalue weighted by molar-refractivity contribution is 9.10. The molecular formula is C13H6BrCl2N3O. The van der Waals surface area contributed by atoms with E-state index in [-0.39, 0.29) is 15.7 Å². The summed E-state index contributed by atoms with van der Waals surface area (Å²) in [6.07, 6.45) is 1.30. The Kier molecular flexibility index (Phi) is 4.61. The van der Waals surface area contributed by atoms with Gasteiger partial charge in [-0.2, -0.15) is 5.26 Å². The molecule has 0 bridgehead atoms. The molecular weight excluding hydrogens is 365 g/mol. The van der Waals surface area contributed by atoms with Gasteiger partial charge in [0.05, 0.1) is 21.8 Å². The van der Waals surface area contributed by atoms with Crippen LogP contribution in [0.15, 0.2) is 34.9 Å². The molecule has 4 nitrogen and oxygen atoms in total. The van der Waals surface area contributed by atoms with Gasteiger partial charge < -0.3 is 5.32 Å². The molecule has 0 radical (unpaired) electrons. The van der Waals surface area contributed by atoms with Crippen LogP contribution < -0.4 is 5.32 Å². The van der Waals surface area contributed by atoms with E-state index >= 15 is 0 Å². The lowest BCUT2D eigenvalue weighted by Crippen LogP contribution is -2.13. The summed E-state index contributed by atoms with van der Waals surface area (Å²) >= 11 is 14.9. The van der Waals surface area contributed by atoms with Crippen LogP contribution in [0, 0.1) is 11.3 Å². The first-order valence-corrected chi connectivity index (χ1v) is 6.88. The van der Waals surface area contributed by atoms with E-state index in [0.717, 1.165) is 4.47 Å². The van der Waals surface area contributed by atoms with E-state index in [9.17, 15) is 4.79 Å². The summed E-state index contributed by atoms with van der Waals surface area (Å²) in [5.41, 5.74) is 0.923. The number of amides is 1. The number of nitrogens with zero attached hydrogens (tertiary/aromatic N) is 2. The number of carbonyl (C=O) groups is 1. The number of pyridine rings is 1. The van der Waals surface area contributed by atoms with Crippen LogP contribution in [-0.4, -0.2) is 10.9 Å². The summed E-state index contributed by atoms with van der Waals surface area (Å²) in [4.78, 5) is 15.9. The van der Waals surface area contributed by atoms with Crippen molar-refractivity contribution in [1.29, 1.82) is 5.26 Å². The molecule has 0 aliphatic heterocycles. The molecule has 0 unspecified atom stereocenters. The number of benzene rings is 1. The van der Waals surface area contributed by atoms with Crippen LogP contribution >= 0.6 is 39.1 Å². The molecule has 1 aromatic heterocycles. The molecule has 0 aliphatic carbocycles. The molecule has 1 N–H and O–H groups in total. The minimum atomic E-state index is -0.460. The number of carbonyl (C=O) groups excluding carboxylic acids is 1. The summed E-state index contributed by atoms with van der Waals surface area (Å²) in [5, 5.41) is 12.0.